The Bertz CT molecular complexity index is 838. The number of nitrogens with one attached hydrogen (secondary N) is 1. The summed E-state index contributed by atoms with van der Waals surface area (Å²) in [4.78, 5) is 37.3. The average molecular weight is 379 g/mol. The summed E-state index contributed by atoms with van der Waals surface area (Å²) < 4.78 is 11.8. The summed E-state index contributed by atoms with van der Waals surface area (Å²) in [6, 6.07) is 1.55. The van der Waals surface area contributed by atoms with Gasteiger partial charge in [-0.3, -0.25) is 9.48 Å². The second-order valence-electron chi connectivity index (χ2n) is 5.76. The summed E-state index contributed by atoms with van der Waals surface area (Å²) in [5, 5.41) is 6.90. The maximum atomic E-state index is 12.5. The molecule has 26 heavy (non-hydrogen) atoms. The van der Waals surface area contributed by atoms with Crippen molar-refractivity contribution >= 4 is 34.2 Å². The first-order valence-electron chi connectivity index (χ1n) is 8.07. The summed E-state index contributed by atoms with van der Waals surface area (Å²) >= 11 is 0.977. The molecule has 0 aliphatic rings. The van der Waals surface area contributed by atoms with E-state index in [4.69, 9.17) is 9.47 Å². The number of amides is 1. The number of thiophene rings is 1. The lowest BCUT2D eigenvalue weighted by atomic mass is 10.1. The molecule has 0 bridgehead atoms. The number of ether oxygens (including phenoxy) is 2. The SMILES string of the molecule is CCOC(=O)c1sc(NC(=O)c2ccn(C)n2)c(C(=O)OC(C)C)c1C. The molecule has 2 rings (SSSR count). The molecule has 0 aliphatic carbocycles. The Morgan fingerprint density at radius 3 is 2.54 bits per heavy atom. The number of aromatic nitrogens is 2. The van der Waals surface area contributed by atoms with Crippen molar-refractivity contribution < 1.29 is 23.9 Å². The molecule has 0 fully saturated rings. The highest BCUT2D eigenvalue weighted by molar-refractivity contribution is 7.18. The number of nitrogens with zero attached hydrogens (tertiary/aromatic N) is 2. The molecule has 2 aromatic rings. The van der Waals surface area contributed by atoms with Crippen LogP contribution in [-0.2, 0) is 16.5 Å². The van der Waals surface area contributed by atoms with Gasteiger partial charge in [-0.2, -0.15) is 5.10 Å². The number of aryl methyl sites for hydroxylation is 1. The van der Waals surface area contributed by atoms with Crippen molar-refractivity contribution in [1.82, 2.24) is 9.78 Å². The van der Waals surface area contributed by atoms with E-state index < -0.39 is 17.8 Å². The zero-order chi connectivity index (χ0) is 19.4. The average Bonchev–Trinajstić information content (AvgIpc) is 3.10. The number of hydrogen-bond acceptors (Lipinski definition) is 7. The van der Waals surface area contributed by atoms with E-state index in [2.05, 4.69) is 10.4 Å². The van der Waals surface area contributed by atoms with Gasteiger partial charge in [0.2, 0.25) is 0 Å². The molecule has 0 saturated heterocycles. The van der Waals surface area contributed by atoms with Gasteiger partial charge in [-0.25, -0.2) is 9.59 Å². The van der Waals surface area contributed by atoms with E-state index in [1.54, 1.807) is 47.0 Å². The van der Waals surface area contributed by atoms with Crippen LogP contribution in [0.25, 0.3) is 0 Å². The maximum Gasteiger partial charge on any atom is 0.348 e. The fraction of sp³-hybridized carbons (Fsp3) is 0.412. The second kappa shape index (κ2) is 8.13. The molecule has 1 amide bonds. The summed E-state index contributed by atoms with van der Waals surface area (Å²) in [6.45, 7) is 6.96. The molecule has 0 radical (unpaired) electrons. The molecule has 0 spiro atoms. The zero-order valence-electron chi connectivity index (χ0n) is 15.3. The minimum Gasteiger partial charge on any atom is -0.462 e. The monoisotopic (exact) mass is 379 g/mol. The van der Waals surface area contributed by atoms with Gasteiger partial charge in [0, 0.05) is 13.2 Å². The number of carbonyl (C=O) groups excluding carboxylic acids is 3. The second-order valence-corrected chi connectivity index (χ2v) is 6.78. The largest absolute Gasteiger partial charge is 0.462 e. The third-order valence-electron chi connectivity index (χ3n) is 3.33. The van der Waals surface area contributed by atoms with Crippen LogP contribution in [0.1, 0.15) is 56.9 Å². The van der Waals surface area contributed by atoms with Gasteiger partial charge in [0.1, 0.15) is 9.88 Å². The maximum absolute atomic E-state index is 12.5. The minimum atomic E-state index is -0.611. The van der Waals surface area contributed by atoms with E-state index in [-0.39, 0.29) is 33.8 Å². The van der Waals surface area contributed by atoms with Gasteiger partial charge in [0.25, 0.3) is 5.91 Å². The van der Waals surface area contributed by atoms with E-state index in [0.29, 0.717) is 5.56 Å². The van der Waals surface area contributed by atoms with Crippen LogP contribution in [0.5, 0.6) is 0 Å². The first kappa shape index (κ1) is 19.6. The number of esters is 2. The molecule has 0 aliphatic heterocycles. The van der Waals surface area contributed by atoms with Crippen molar-refractivity contribution in [2.75, 3.05) is 11.9 Å². The van der Waals surface area contributed by atoms with Crippen LogP contribution < -0.4 is 5.32 Å². The highest BCUT2D eigenvalue weighted by Crippen LogP contribution is 2.34. The van der Waals surface area contributed by atoms with Crippen molar-refractivity contribution in [2.24, 2.45) is 7.05 Å². The van der Waals surface area contributed by atoms with Crippen LogP contribution in [0.4, 0.5) is 5.00 Å². The Labute approximate surface area is 155 Å². The van der Waals surface area contributed by atoms with Crippen molar-refractivity contribution in [2.45, 2.75) is 33.8 Å². The van der Waals surface area contributed by atoms with Gasteiger partial charge in [-0.05, 0) is 39.3 Å². The van der Waals surface area contributed by atoms with Crippen LogP contribution in [0, 0.1) is 6.92 Å². The Kier molecular flexibility index (Phi) is 6.14. The minimum absolute atomic E-state index is 0.149. The van der Waals surface area contributed by atoms with E-state index in [1.165, 1.54) is 4.68 Å². The molecule has 1 N–H and O–H groups in total. The lowest BCUT2D eigenvalue weighted by Gasteiger charge is -2.10. The number of rotatable bonds is 6. The molecule has 0 atom stereocenters. The molecule has 8 nitrogen and oxygen atoms in total. The summed E-state index contributed by atoms with van der Waals surface area (Å²) in [5.74, 6) is -1.64. The van der Waals surface area contributed by atoms with Crippen LogP contribution >= 0.6 is 11.3 Å². The molecule has 140 valence electrons. The van der Waals surface area contributed by atoms with Crippen LogP contribution in [0.2, 0.25) is 0 Å². The first-order valence-corrected chi connectivity index (χ1v) is 8.88. The van der Waals surface area contributed by atoms with E-state index in [9.17, 15) is 14.4 Å². The smallest absolute Gasteiger partial charge is 0.348 e. The van der Waals surface area contributed by atoms with Crippen LogP contribution in [0.15, 0.2) is 12.3 Å². The molecular formula is C17H21N3O5S. The van der Waals surface area contributed by atoms with Gasteiger partial charge in [0.15, 0.2) is 5.69 Å². The lowest BCUT2D eigenvalue weighted by molar-refractivity contribution is 0.0379. The highest BCUT2D eigenvalue weighted by atomic mass is 32.1. The lowest BCUT2D eigenvalue weighted by Crippen LogP contribution is -2.17. The Morgan fingerprint density at radius 1 is 1.31 bits per heavy atom. The van der Waals surface area contributed by atoms with Crippen molar-refractivity contribution in [1.29, 1.82) is 0 Å². The summed E-state index contributed by atoms with van der Waals surface area (Å²) in [6.07, 6.45) is 1.29. The number of carbonyl (C=O) groups is 3. The highest BCUT2D eigenvalue weighted by Gasteiger charge is 2.28. The van der Waals surface area contributed by atoms with Crippen molar-refractivity contribution in [3.8, 4) is 0 Å². The molecule has 0 unspecified atom stereocenters. The van der Waals surface area contributed by atoms with Gasteiger partial charge in [-0.15, -0.1) is 11.3 Å². The number of anilines is 1. The van der Waals surface area contributed by atoms with Gasteiger partial charge < -0.3 is 14.8 Å². The van der Waals surface area contributed by atoms with E-state index in [0.717, 1.165) is 11.3 Å². The molecular weight excluding hydrogens is 358 g/mol. The van der Waals surface area contributed by atoms with Gasteiger partial charge >= 0.3 is 11.9 Å². The Balaban J connectivity index is 2.41. The fourth-order valence-corrected chi connectivity index (χ4v) is 3.30. The predicted molar refractivity (Wildman–Crippen MR) is 96.7 cm³/mol. The third kappa shape index (κ3) is 4.29. The van der Waals surface area contributed by atoms with E-state index in [1.807, 2.05) is 0 Å². The van der Waals surface area contributed by atoms with Gasteiger partial charge in [0.05, 0.1) is 18.3 Å². The van der Waals surface area contributed by atoms with Gasteiger partial charge in [-0.1, -0.05) is 0 Å². The van der Waals surface area contributed by atoms with E-state index >= 15 is 0 Å². The van der Waals surface area contributed by atoms with Crippen molar-refractivity contribution in [3.05, 3.63) is 34.0 Å². The van der Waals surface area contributed by atoms with Crippen LogP contribution in [-0.4, -0.2) is 40.3 Å². The molecule has 2 heterocycles. The third-order valence-corrected chi connectivity index (χ3v) is 4.52. The molecule has 0 aromatic carbocycles. The molecule has 2 aromatic heterocycles. The quantitative estimate of drug-likeness (QED) is 0.775. The normalized spacial score (nSPS) is 10.7. The van der Waals surface area contributed by atoms with Crippen molar-refractivity contribution in [3.63, 3.8) is 0 Å². The summed E-state index contributed by atoms with van der Waals surface area (Å²) in [7, 11) is 1.69. The fourth-order valence-electron chi connectivity index (χ4n) is 2.21. The predicted octanol–water partition coefficient (Wildman–Crippen LogP) is 2.78. The first-order chi connectivity index (χ1) is 12.2. The molecule has 9 heteroatoms. The van der Waals surface area contributed by atoms with Crippen LogP contribution in [0.3, 0.4) is 0 Å². The standard InChI is InChI=1S/C17H21N3O5S/c1-6-24-17(23)13-10(4)12(16(22)25-9(2)3)15(26-13)18-14(21)11-7-8-20(5)19-11/h7-9H,6H2,1-5H3,(H,18,21). The number of hydrogen-bond donors (Lipinski definition) is 1. The Hall–Kier alpha value is -2.68. The molecule has 0 saturated carbocycles. The Morgan fingerprint density at radius 2 is 2.00 bits per heavy atom. The zero-order valence-corrected chi connectivity index (χ0v) is 16.1. The topological polar surface area (TPSA) is 99.5 Å². The summed E-state index contributed by atoms with van der Waals surface area (Å²) in [5.41, 5.74) is 0.755.